The quantitative estimate of drug-likeness (QED) is 0.604. The minimum Gasteiger partial charge on any atom is -0.416 e. The van der Waals surface area contributed by atoms with E-state index in [0.29, 0.717) is 6.61 Å². The number of rotatable bonds is 5. The van der Waals surface area contributed by atoms with Crippen molar-refractivity contribution in [1.29, 1.82) is 0 Å². The van der Waals surface area contributed by atoms with Crippen molar-refractivity contribution in [2.45, 2.75) is 58.9 Å². The summed E-state index contributed by atoms with van der Waals surface area (Å²) in [4.78, 5) is 0. The first-order valence-electron chi connectivity index (χ1n) is 6.31. The Morgan fingerprint density at radius 3 is 2.12 bits per heavy atom. The Balaban J connectivity index is 4.35. The number of hydrogen-bond donors (Lipinski definition) is 1. The molecule has 0 fully saturated rings. The van der Waals surface area contributed by atoms with E-state index in [4.69, 9.17) is 10.8 Å². The van der Waals surface area contributed by atoms with Gasteiger partial charge in [-0.05, 0) is 25.1 Å². The van der Waals surface area contributed by atoms with E-state index in [-0.39, 0.29) is 16.9 Å². The lowest BCUT2D eigenvalue weighted by atomic mass is 9.95. The molecule has 0 unspecified atom stereocenters. The fourth-order valence-corrected chi connectivity index (χ4v) is 2.36. The molecule has 0 aromatic heterocycles. The number of terminal acetylenes is 1. The Kier molecular flexibility index (Phi) is 5.93. The molecule has 0 saturated carbocycles. The van der Waals surface area contributed by atoms with Gasteiger partial charge in [0.25, 0.3) is 0 Å². The molecular formula is C14H28O2Si. The van der Waals surface area contributed by atoms with Crippen molar-refractivity contribution < 1.29 is 9.53 Å². The molecule has 0 saturated heterocycles. The minimum absolute atomic E-state index is 0.0789. The summed E-state index contributed by atoms with van der Waals surface area (Å²) >= 11 is 0. The van der Waals surface area contributed by atoms with Crippen molar-refractivity contribution in [3.8, 4) is 12.3 Å². The molecule has 0 aliphatic rings. The molecule has 0 spiro atoms. The van der Waals surface area contributed by atoms with E-state index in [2.05, 4.69) is 39.8 Å². The van der Waals surface area contributed by atoms with Gasteiger partial charge in [0, 0.05) is 18.4 Å². The van der Waals surface area contributed by atoms with Crippen molar-refractivity contribution in [2.24, 2.45) is 11.8 Å². The smallest absolute Gasteiger partial charge is 0.191 e. The number of aliphatic hydroxyl groups is 1. The van der Waals surface area contributed by atoms with Gasteiger partial charge in [0.15, 0.2) is 8.32 Å². The molecule has 0 aliphatic heterocycles. The second-order valence-electron chi connectivity index (χ2n) is 6.49. The van der Waals surface area contributed by atoms with Gasteiger partial charge in [0.05, 0.1) is 6.10 Å². The molecule has 0 bridgehead atoms. The standard InChI is InChI=1S/C14H28O2Si/c1-9-11(2)13(15)12(3)10-16-17(7,8)14(4,5)6/h1,11-13,15H,10H2,2-8H3/t11-,12+,13-/m1/s1. The van der Waals surface area contributed by atoms with Crippen LogP contribution in [0.15, 0.2) is 0 Å². The van der Waals surface area contributed by atoms with Crippen molar-refractivity contribution in [3.05, 3.63) is 0 Å². The van der Waals surface area contributed by atoms with Crippen LogP contribution >= 0.6 is 0 Å². The first-order chi connectivity index (χ1) is 7.53. The van der Waals surface area contributed by atoms with Gasteiger partial charge in [-0.25, -0.2) is 0 Å². The molecule has 0 rings (SSSR count). The third-order valence-corrected chi connectivity index (χ3v) is 8.37. The molecule has 17 heavy (non-hydrogen) atoms. The zero-order valence-corrected chi connectivity index (χ0v) is 13.4. The van der Waals surface area contributed by atoms with E-state index < -0.39 is 14.4 Å². The predicted octanol–water partition coefficient (Wildman–Crippen LogP) is 3.27. The summed E-state index contributed by atoms with van der Waals surface area (Å²) in [6.45, 7) is 15.5. The van der Waals surface area contributed by atoms with Gasteiger partial charge in [-0.2, -0.15) is 0 Å². The molecule has 0 aromatic carbocycles. The van der Waals surface area contributed by atoms with E-state index in [1.54, 1.807) is 0 Å². The average molecular weight is 256 g/mol. The van der Waals surface area contributed by atoms with Crippen LogP contribution in [0.25, 0.3) is 0 Å². The van der Waals surface area contributed by atoms with Crippen molar-refractivity contribution in [3.63, 3.8) is 0 Å². The highest BCUT2D eigenvalue weighted by Crippen LogP contribution is 2.36. The third kappa shape index (κ3) is 4.83. The Morgan fingerprint density at radius 1 is 1.29 bits per heavy atom. The molecule has 0 heterocycles. The van der Waals surface area contributed by atoms with Crippen LogP contribution in [0.1, 0.15) is 34.6 Å². The van der Waals surface area contributed by atoms with Crippen LogP contribution in [0.3, 0.4) is 0 Å². The highest BCUT2D eigenvalue weighted by atomic mass is 28.4. The summed E-state index contributed by atoms with van der Waals surface area (Å²) in [7, 11) is -1.72. The summed E-state index contributed by atoms with van der Waals surface area (Å²) in [5.74, 6) is 2.54. The second-order valence-corrected chi connectivity index (χ2v) is 11.3. The first-order valence-corrected chi connectivity index (χ1v) is 9.22. The molecule has 0 radical (unpaired) electrons. The van der Waals surface area contributed by atoms with E-state index in [0.717, 1.165) is 0 Å². The molecule has 3 heteroatoms. The Bertz CT molecular complexity index is 273. The maximum Gasteiger partial charge on any atom is 0.191 e. The summed E-state index contributed by atoms with van der Waals surface area (Å²) < 4.78 is 6.08. The third-order valence-electron chi connectivity index (χ3n) is 3.87. The SMILES string of the molecule is C#C[C@@H](C)[C@@H](O)[C@@H](C)CO[Si](C)(C)C(C)(C)C. The van der Waals surface area contributed by atoms with Crippen LogP contribution < -0.4 is 0 Å². The lowest BCUT2D eigenvalue weighted by Crippen LogP contribution is -2.43. The van der Waals surface area contributed by atoms with Crippen molar-refractivity contribution >= 4 is 8.32 Å². The Hall–Kier alpha value is -0.303. The predicted molar refractivity (Wildman–Crippen MR) is 76.3 cm³/mol. The highest BCUT2D eigenvalue weighted by molar-refractivity contribution is 6.74. The van der Waals surface area contributed by atoms with E-state index in [9.17, 15) is 5.11 Å². The van der Waals surface area contributed by atoms with Gasteiger partial charge in [0.2, 0.25) is 0 Å². The zero-order valence-electron chi connectivity index (χ0n) is 12.4. The van der Waals surface area contributed by atoms with E-state index in [1.165, 1.54) is 0 Å². The van der Waals surface area contributed by atoms with Crippen molar-refractivity contribution in [2.75, 3.05) is 6.61 Å². The summed E-state index contributed by atoms with van der Waals surface area (Å²) in [6.07, 6.45) is 4.84. The first kappa shape index (κ1) is 16.7. The zero-order chi connectivity index (χ0) is 13.9. The summed E-state index contributed by atoms with van der Waals surface area (Å²) in [5.41, 5.74) is 0. The molecule has 100 valence electrons. The van der Waals surface area contributed by atoms with E-state index in [1.807, 2.05) is 13.8 Å². The van der Waals surface area contributed by atoms with Crippen LogP contribution in [0.2, 0.25) is 18.1 Å². The monoisotopic (exact) mass is 256 g/mol. The lowest BCUT2D eigenvalue weighted by molar-refractivity contribution is 0.0567. The van der Waals surface area contributed by atoms with Crippen LogP contribution in [-0.2, 0) is 4.43 Å². The largest absolute Gasteiger partial charge is 0.416 e. The Labute approximate surface area is 108 Å². The maximum absolute atomic E-state index is 9.98. The summed E-state index contributed by atoms with van der Waals surface area (Å²) in [6, 6.07) is 0. The number of hydrogen-bond acceptors (Lipinski definition) is 2. The topological polar surface area (TPSA) is 29.5 Å². The van der Waals surface area contributed by atoms with Gasteiger partial charge in [-0.1, -0.05) is 27.7 Å². The van der Waals surface area contributed by atoms with Gasteiger partial charge >= 0.3 is 0 Å². The summed E-state index contributed by atoms with van der Waals surface area (Å²) in [5, 5.41) is 10.2. The van der Waals surface area contributed by atoms with Crippen molar-refractivity contribution in [1.82, 2.24) is 0 Å². The molecule has 0 aliphatic carbocycles. The second kappa shape index (κ2) is 6.04. The highest BCUT2D eigenvalue weighted by Gasteiger charge is 2.37. The fourth-order valence-electron chi connectivity index (χ4n) is 1.25. The number of aliphatic hydroxyl groups excluding tert-OH is 1. The van der Waals surface area contributed by atoms with Gasteiger partial charge in [0.1, 0.15) is 0 Å². The molecular weight excluding hydrogens is 228 g/mol. The fraction of sp³-hybridized carbons (Fsp3) is 0.857. The van der Waals surface area contributed by atoms with Gasteiger partial charge in [-0.15, -0.1) is 12.3 Å². The lowest BCUT2D eigenvalue weighted by Gasteiger charge is -2.37. The molecule has 3 atom stereocenters. The van der Waals surface area contributed by atoms with Crippen LogP contribution in [-0.4, -0.2) is 26.1 Å². The Morgan fingerprint density at radius 2 is 1.76 bits per heavy atom. The van der Waals surface area contributed by atoms with Crippen LogP contribution in [0.4, 0.5) is 0 Å². The van der Waals surface area contributed by atoms with Gasteiger partial charge in [-0.3, -0.25) is 0 Å². The average Bonchev–Trinajstić information content (AvgIpc) is 2.22. The van der Waals surface area contributed by atoms with Crippen LogP contribution in [0, 0.1) is 24.2 Å². The molecule has 0 amide bonds. The van der Waals surface area contributed by atoms with Crippen LogP contribution in [0.5, 0.6) is 0 Å². The minimum atomic E-state index is -1.72. The molecule has 2 nitrogen and oxygen atoms in total. The van der Waals surface area contributed by atoms with E-state index >= 15 is 0 Å². The molecule has 1 N–H and O–H groups in total. The normalized spacial score (nSPS) is 18.3. The maximum atomic E-state index is 9.98. The van der Waals surface area contributed by atoms with Gasteiger partial charge < -0.3 is 9.53 Å². The molecule has 0 aromatic rings.